The smallest absolute Gasteiger partial charge is 0.303 e. The van der Waals surface area contributed by atoms with E-state index in [0.29, 0.717) is 18.7 Å². The average molecular weight is 170 g/mol. The largest absolute Gasteiger partial charge is 0.481 e. The van der Waals surface area contributed by atoms with E-state index in [9.17, 15) is 4.79 Å². The van der Waals surface area contributed by atoms with Crippen LogP contribution in [0.15, 0.2) is 12.4 Å². The van der Waals surface area contributed by atoms with Crippen molar-refractivity contribution in [2.75, 3.05) is 0 Å². The number of hydrogen-bond donors (Lipinski definition) is 2. The standard InChI is InChI=1S/C7H10N2O3/c10-7(11)3-1-2-6-8-4-5-9(6)12/h4-5,12H,1-3H2,(H,10,11). The molecule has 0 aliphatic heterocycles. The Morgan fingerprint density at radius 3 is 2.92 bits per heavy atom. The number of carboxylic acid groups (broad SMARTS) is 1. The molecule has 5 heteroatoms. The summed E-state index contributed by atoms with van der Waals surface area (Å²) >= 11 is 0. The van der Waals surface area contributed by atoms with E-state index in [-0.39, 0.29) is 6.42 Å². The van der Waals surface area contributed by atoms with Crippen LogP contribution in [0.3, 0.4) is 0 Å². The molecular weight excluding hydrogens is 160 g/mol. The van der Waals surface area contributed by atoms with Crippen LogP contribution in [0.1, 0.15) is 18.7 Å². The van der Waals surface area contributed by atoms with Crippen molar-refractivity contribution < 1.29 is 15.1 Å². The second-order valence-electron chi connectivity index (χ2n) is 2.44. The summed E-state index contributed by atoms with van der Waals surface area (Å²) in [6.45, 7) is 0. The molecule has 0 amide bonds. The number of aromatic nitrogens is 2. The van der Waals surface area contributed by atoms with Crippen molar-refractivity contribution in [2.45, 2.75) is 19.3 Å². The molecule has 66 valence electrons. The minimum absolute atomic E-state index is 0.104. The molecule has 0 fully saturated rings. The molecule has 0 atom stereocenters. The van der Waals surface area contributed by atoms with Crippen molar-refractivity contribution in [3.05, 3.63) is 18.2 Å². The van der Waals surface area contributed by atoms with Gasteiger partial charge >= 0.3 is 5.97 Å². The van der Waals surface area contributed by atoms with Gasteiger partial charge in [0, 0.05) is 19.0 Å². The van der Waals surface area contributed by atoms with Crippen LogP contribution in [0, 0.1) is 0 Å². The predicted molar refractivity (Wildman–Crippen MR) is 40.0 cm³/mol. The topological polar surface area (TPSA) is 75.3 Å². The summed E-state index contributed by atoms with van der Waals surface area (Å²) < 4.78 is 0.905. The van der Waals surface area contributed by atoms with E-state index in [2.05, 4.69) is 4.98 Å². The molecule has 1 rings (SSSR count). The summed E-state index contributed by atoms with van der Waals surface area (Å²) in [5, 5.41) is 17.3. The lowest BCUT2D eigenvalue weighted by molar-refractivity contribution is -0.137. The van der Waals surface area contributed by atoms with Crippen molar-refractivity contribution in [3.8, 4) is 0 Å². The fourth-order valence-electron chi connectivity index (χ4n) is 0.905. The van der Waals surface area contributed by atoms with Gasteiger partial charge in [-0.05, 0) is 6.42 Å². The zero-order valence-corrected chi connectivity index (χ0v) is 6.47. The van der Waals surface area contributed by atoms with E-state index < -0.39 is 5.97 Å². The van der Waals surface area contributed by atoms with E-state index in [4.69, 9.17) is 10.3 Å². The average Bonchev–Trinajstić information content (AvgIpc) is 2.36. The van der Waals surface area contributed by atoms with Gasteiger partial charge in [-0.2, -0.15) is 4.73 Å². The Hall–Kier alpha value is -1.52. The summed E-state index contributed by atoms with van der Waals surface area (Å²) in [6, 6.07) is 0. The molecule has 0 spiro atoms. The Morgan fingerprint density at radius 1 is 1.67 bits per heavy atom. The van der Waals surface area contributed by atoms with Gasteiger partial charge in [-0.15, -0.1) is 0 Å². The summed E-state index contributed by atoms with van der Waals surface area (Å²) in [5.41, 5.74) is 0. The van der Waals surface area contributed by atoms with Crippen LogP contribution in [0.25, 0.3) is 0 Å². The van der Waals surface area contributed by atoms with Crippen LogP contribution in [0.4, 0.5) is 0 Å². The van der Waals surface area contributed by atoms with Gasteiger partial charge in [0.2, 0.25) is 0 Å². The summed E-state index contributed by atoms with van der Waals surface area (Å²) in [6.07, 6.45) is 3.96. The van der Waals surface area contributed by atoms with Gasteiger partial charge in [0.05, 0.1) is 6.20 Å². The van der Waals surface area contributed by atoms with Crippen molar-refractivity contribution in [1.29, 1.82) is 0 Å². The van der Waals surface area contributed by atoms with Crippen LogP contribution in [-0.4, -0.2) is 26.0 Å². The van der Waals surface area contributed by atoms with Crippen molar-refractivity contribution in [2.24, 2.45) is 0 Å². The highest BCUT2D eigenvalue weighted by Crippen LogP contribution is 2.00. The van der Waals surface area contributed by atoms with Crippen LogP contribution in [0.2, 0.25) is 0 Å². The summed E-state index contributed by atoms with van der Waals surface area (Å²) in [5.74, 6) is -0.331. The Morgan fingerprint density at radius 2 is 2.42 bits per heavy atom. The second kappa shape index (κ2) is 3.75. The number of imidazole rings is 1. The number of carbonyl (C=O) groups is 1. The normalized spacial score (nSPS) is 10.0. The molecule has 0 unspecified atom stereocenters. The van der Waals surface area contributed by atoms with E-state index >= 15 is 0 Å². The van der Waals surface area contributed by atoms with E-state index in [0.717, 1.165) is 4.73 Å². The van der Waals surface area contributed by atoms with Crippen LogP contribution in [-0.2, 0) is 11.2 Å². The third-order valence-corrected chi connectivity index (χ3v) is 1.49. The summed E-state index contributed by atoms with van der Waals surface area (Å²) in [4.78, 5) is 14.0. The Balaban J connectivity index is 2.33. The van der Waals surface area contributed by atoms with Gasteiger partial charge in [-0.25, -0.2) is 4.98 Å². The van der Waals surface area contributed by atoms with Crippen LogP contribution < -0.4 is 0 Å². The number of aliphatic carboxylic acids is 1. The van der Waals surface area contributed by atoms with E-state index in [1.165, 1.54) is 12.4 Å². The maximum absolute atomic E-state index is 10.1. The first-order valence-corrected chi connectivity index (χ1v) is 3.63. The first-order valence-electron chi connectivity index (χ1n) is 3.63. The first kappa shape index (κ1) is 8.58. The van der Waals surface area contributed by atoms with E-state index in [1.807, 2.05) is 0 Å². The molecule has 1 aromatic rings. The number of rotatable bonds is 4. The molecule has 1 aromatic heterocycles. The molecule has 0 aromatic carbocycles. The lowest BCUT2D eigenvalue weighted by Crippen LogP contribution is -2.01. The zero-order valence-electron chi connectivity index (χ0n) is 6.47. The quantitative estimate of drug-likeness (QED) is 0.646. The fraction of sp³-hybridized carbons (Fsp3) is 0.429. The third kappa shape index (κ3) is 2.26. The number of nitrogens with zero attached hydrogens (tertiary/aromatic N) is 2. The number of carboxylic acids is 1. The molecule has 0 bridgehead atoms. The summed E-state index contributed by atoms with van der Waals surface area (Å²) in [7, 11) is 0. The molecular formula is C7H10N2O3. The Labute approximate surface area is 69.2 Å². The maximum atomic E-state index is 10.1. The molecule has 1 heterocycles. The molecule has 5 nitrogen and oxygen atoms in total. The highest BCUT2D eigenvalue weighted by molar-refractivity contribution is 5.66. The van der Waals surface area contributed by atoms with Crippen molar-refractivity contribution >= 4 is 5.97 Å². The fourth-order valence-corrected chi connectivity index (χ4v) is 0.905. The first-order chi connectivity index (χ1) is 5.70. The molecule has 0 aliphatic carbocycles. The minimum atomic E-state index is -0.828. The third-order valence-electron chi connectivity index (χ3n) is 1.49. The molecule has 0 saturated heterocycles. The molecule has 0 saturated carbocycles. The highest BCUT2D eigenvalue weighted by atomic mass is 16.5. The second-order valence-corrected chi connectivity index (χ2v) is 2.44. The van der Waals surface area contributed by atoms with Gasteiger partial charge < -0.3 is 10.3 Å². The zero-order chi connectivity index (χ0) is 8.97. The highest BCUT2D eigenvalue weighted by Gasteiger charge is 2.02. The molecule has 0 radical (unpaired) electrons. The monoisotopic (exact) mass is 170 g/mol. The van der Waals surface area contributed by atoms with Crippen molar-refractivity contribution in [1.82, 2.24) is 9.71 Å². The van der Waals surface area contributed by atoms with Crippen LogP contribution >= 0.6 is 0 Å². The molecule has 12 heavy (non-hydrogen) atoms. The maximum Gasteiger partial charge on any atom is 0.303 e. The van der Waals surface area contributed by atoms with Gasteiger partial charge in [-0.3, -0.25) is 4.79 Å². The molecule has 2 N–H and O–H groups in total. The Kier molecular flexibility index (Phi) is 2.68. The Bertz CT molecular complexity index is 269. The van der Waals surface area contributed by atoms with Crippen molar-refractivity contribution in [3.63, 3.8) is 0 Å². The number of hydrogen-bond acceptors (Lipinski definition) is 3. The van der Waals surface area contributed by atoms with E-state index in [1.54, 1.807) is 0 Å². The minimum Gasteiger partial charge on any atom is -0.481 e. The molecule has 0 aliphatic rings. The number of aryl methyl sites for hydroxylation is 1. The van der Waals surface area contributed by atoms with Crippen LogP contribution in [0.5, 0.6) is 0 Å². The van der Waals surface area contributed by atoms with Gasteiger partial charge in [-0.1, -0.05) is 0 Å². The van der Waals surface area contributed by atoms with Gasteiger partial charge in [0.25, 0.3) is 0 Å². The lowest BCUT2D eigenvalue weighted by atomic mass is 10.2. The van der Waals surface area contributed by atoms with Gasteiger partial charge in [0.1, 0.15) is 5.82 Å². The predicted octanol–water partition coefficient (Wildman–Crippen LogP) is 0.528. The van der Waals surface area contributed by atoms with Gasteiger partial charge in [0.15, 0.2) is 0 Å². The SMILES string of the molecule is O=C(O)CCCc1nccn1O. The lowest BCUT2D eigenvalue weighted by Gasteiger charge is -1.97.